The molecule has 0 heterocycles. The lowest BCUT2D eigenvalue weighted by Crippen LogP contribution is -2.16. The molecule has 1 aromatic rings. The number of benzene rings is 1. The molecule has 5 heteroatoms. The zero-order valence-corrected chi connectivity index (χ0v) is 27.7. The lowest BCUT2D eigenvalue weighted by molar-refractivity contribution is -0.384. The molecule has 0 fully saturated rings. The summed E-state index contributed by atoms with van der Waals surface area (Å²) < 4.78 is 12.1. The van der Waals surface area contributed by atoms with Crippen molar-refractivity contribution < 1.29 is 14.4 Å². The van der Waals surface area contributed by atoms with E-state index in [1.165, 1.54) is 147 Å². The Morgan fingerprint density at radius 3 is 1.33 bits per heavy atom. The normalized spacial score (nSPS) is 11.5. The second-order valence-electron chi connectivity index (χ2n) is 12.4. The molecule has 5 nitrogen and oxygen atoms in total. The molecule has 0 N–H and O–H groups in total. The molecule has 0 atom stereocenters. The first-order valence-corrected chi connectivity index (χ1v) is 18.0. The van der Waals surface area contributed by atoms with Crippen LogP contribution in [0, 0.1) is 16.2 Å². The van der Waals surface area contributed by atoms with Crippen LogP contribution in [0.3, 0.4) is 0 Å². The Kier molecular flexibility index (Phi) is 27.2. The van der Waals surface area contributed by atoms with Crippen molar-refractivity contribution in [2.45, 2.75) is 174 Å². The van der Waals surface area contributed by atoms with E-state index >= 15 is 0 Å². The molecule has 0 spiro atoms. The fraction of sp³-hybridized carbons (Fsp3) is 0.838. The summed E-state index contributed by atoms with van der Waals surface area (Å²) in [6, 6.07) is 7.98. The molecule has 1 rings (SSSR count). The topological polar surface area (TPSA) is 61.6 Å². The number of ether oxygens (including phenoxy) is 2. The number of hydrogen-bond donors (Lipinski definition) is 0. The first kappa shape index (κ1) is 38.6. The summed E-state index contributed by atoms with van der Waals surface area (Å²) in [5.41, 5.74) is 0.921. The molecule has 0 saturated carbocycles. The van der Waals surface area contributed by atoms with Crippen molar-refractivity contribution in [2.75, 3.05) is 26.4 Å². The molecule has 0 aromatic heterocycles. The molecule has 1 aromatic carbocycles. The Morgan fingerprint density at radius 1 is 0.619 bits per heavy atom. The van der Waals surface area contributed by atoms with Gasteiger partial charge in [-0.1, -0.05) is 155 Å². The monoisotopic (exact) mass is 588 g/mol. The Labute approximate surface area is 260 Å². The molecule has 0 amide bonds. The van der Waals surface area contributed by atoms with E-state index in [9.17, 15) is 10.1 Å². The van der Waals surface area contributed by atoms with Crippen LogP contribution in [-0.4, -0.2) is 31.4 Å². The van der Waals surface area contributed by atoms with E-state index in [4.69, 9.17) is 9.47 Å². The van der Waals surface area contributed by atoms with Gasteiger partial charge < -0.3 is 9.47 Å². The van der Waals surface area contributed by atoms with Gasteiger partial charge in [-0.2, -0.15) is 0 Å². The maximum atomic E-state index is 11.3. The van der Waals surface area contributed by atoms with Gasteiger partial charge in [-0.15, -0.1) is 0 Å². The van der Waals surface area contributed by atoms with Gasteiger partial charge in [0.1, 0.15) is 0 Å². The van der Waals surface area contributed by atoms with Crippen molar-refractivity contribution in [3.63, 3.8) is 0 Å². The fourth-order valence-electron chi connectivity index (χ4n) is 5.59. The van der Waals surface area contributed by atoms with Crippen LogP contribution in [0.15, 0.2) is 18.2 Å². The van der Waals surface area contributed by atoms with E-state index in [1.54, 1.807) is 12.1 Å². The Bertz CT molecular complexity index is 693. The average Bonchev–Trinajstić information content (AvgIpc) is 3.00. The zero-order valence-electron chi connectivity index (χ0n) is 27.7. The largest absolute Gasteiger partial charge is 0.381 e. The third-order valence-corrected chi connectivity index (χ3v) is 8.38. The highest BCUT2D eigenvalue weighted by Crippen LogP contribution is 2.22. The van der Waals surface area contributed by atoms with Crippen LogP contribution in [-0.2, 0) is 9.47 Å². The summed E-state index contributed by atoms with van der Waals surface area (Å²) in [4.78, 5) is 11.0. The SMILES string of the molecule is CCCCCCCCCCCCCCOCC(COCCCCCCCCCCCCCC)c1[c]ccc([N+](=O)[O-])c1. The highest BCUT2D eigenvalue weighted by Gasteiger charge is 2.16. The minimum Gasteiger partial charge on any atom is -0.381 e. The molecule has 0 saturated heterocycles. The number of hydrogen-bond acceptors (Lipinski definition) is 4. The van der Waals surface area contributed by atoms with E-state index in [1.807, 2.05) is 0 Å². The van der Waals surface area contributed by atoms with E-state index < -0.39 is 0 Å². The average molecular weight is 589 g/mol. The maximum Gasteiger partial charge on any atom is 0.269 e. The van der Waals surface area contributed by atoms with Crippen molar-refractivity contribution in [1.82, 2.24) is 0 Å². The molecule has 0 aliphatic heterocycles. The Hall–Kier alpha value is -1.46. The van der Waals surface area contributed by atoms with Crippen LogP contribution in [0.1, 0.15) is 179 Å². The van der Waals surface area contributed by atoms with E-state index in [0.29, 0.717) is 13.2 Å². The molecular weight excluding hydrogens is 522 g/mol. The van der Waals surface area contributed by atoms with Crippen LogP contribution in [0.25, 0.3) is 0 Å². The van der Waals surface area contributed by atoms with Crippen molar-refractivity contribution in [1.29, 1.82) is 0 Å². The molecule has 0 aliphatic rings. The van der Waals surface area contributed by atoms with E-state index in [-0.39, 0.29) is 16.5 Å². The summed E-state index contributed by atoms with van der Waals surface area (Å²) in [5, 5.41) is 11.3. The maximum absolute atomic E-state index is 11.3. The Morgan fingerprint density at radius 2 is 0.976 bits per heavy atom. The van der Waals surface area contributed by atoms with Crippen molar-refractivity contribution in [2.24, 2.45) is 0 Å². The zero-order chi connectivity index (χ0) is 30.4. The van der Waals surface area contributed by atoms with Crippen LogP contribution < -0.4 is 0 Å². The van der Waals surface area contributed by atoms with Gasteiger partial charge in [0.25, 0.3) is 5.69 Å². The van der Waals surface area contributed by atoms with Crippen LogP contribution in [0.4, 0.5) is 5.69 Å². The highest BCUT2D eigenvalue weighted by atomic mass is 16.6. The van der Waals surface area contributed by atoms with Gasteiger partial charge in [0, 0.05) is 31.3 Å². The second-order valence-corrected chi connectivity index (χ2v) is 12.4. The van der Waals surface area contributed by atoms with Crippen LogP contribution >= 0.6 is 0 Å². The number of nitro benzene ring substituents is 1. The second kappa shape index (κ2) is 29.6. The number of unbranched alkanes of at least 4 members (excludes halogenated alkanes) is 22. The lowest BCUT2D eigenvalue weighted by atomic mass is 10.0. The first-order valence-electron chi connectivity index (χ1n) is 18.0. The van der Waals surface area contributed by atoms with E-state index in [2.05, 4.69) is 19.9 Å². The molecule has 0 bridgehead atoms. The van der Waals surface area contributed by atoms with Gasteiger partial charge in [0.15, 0.2) is 0 Å². The first-order chi connectivity index (χ1) is 20.7. The predicted molar refractivity (Wildman–Crippen MR) is 178 cm³/mol. The third-order valence-electron chi connectivity index (χ3n) is 8.38. The van der Waals surface area contributed by atoms with Gasteiger partial charge >= 0.3 is 0 Å². The fourth-order valence-corrected chi connectivity index (χ4v) is 5.59. The van der Waals surface area contributed by atoms with Gasteiger partial charge in [-0.05, 0) is 30.5 Å². The molecule has 0 aliphatic carbocycles. The quantitative estimate of drug-likeness (QED) is 0.0477. The van der Waals surface area contributed by atoms with Crippen molar-refractivity contribution >= 4 is 5.69 Å². The number of rotatable bonds is 32. The minimum absolute atomic E-state index is 0.0282. The lowest BCUT2D eigenvalue weighted by Gasteiger charge is -2.18. The van der Waals surface area contributed by atoms with Crippen molar-refractivity contribution in [3.05, 3.63) is 39.9 Å². The van der Waals surface area contributed by atoms with Crippen LogP contribution in [0.5, 0.6) is 0 Å². The molecule has 1 radical (unpaired) electrons. The molecule has 243 valence electrons. The standard InChI is InChI=1S/C37H66NO4/c1-3-5-7-9-11-13-15-17-19-21-23-25-30-41-33-36(35-28-27-29-37(32-35)38(39)40)34-42-31-26-24-22-20-18-16-14-12-10-8-6-4-2/h27,29,32,36H,3-26,30-31,33-34H2,1-2H3. The molecule has 42 heavy (non-hydrogen) atoms. The summed E-state index contributed by atoms with van der Waals surface area (Å²) in [5.74, 6) is -0.0282. The third kappa shape index (κ3) is 23.1. The molecular formula is C37H66NO4. The minimum atomic E-state index is -0.338. The summed E-state index contributed by atoms with van der Waals surface area (Å²) in [6.45, 7) is 7.07. The van der Waals surface area contributed by atoms with E-state index in [0.717, 1.165) is 31.6 Å². The molecule has 0 unspecified atom stereocenters. The summed E-state index contributed by atoms with van der Waals surface area (Å²) in [6.07, 6.45) is 31.9. The number of non-ortho nitro benzene ring substituents is 1. The number of nitrogens with zero attached hydrogens (tertiary/aromatic N) is 1. The summed E-state index contributed by atoms with van der Waals surface area (Å²) in [7, 11) is 0. The van der Waals surface area contributed by atoms with Crippen LogP contribution in [0.2, 0.25) is 0 Å². The van der Waals surface area contributed by atoms with Gasteiger partial charge in [0.05, 0.1) is 18.1 Å². The highest BCUT2D eigenvalue weighted by molar-refractivity contribution is 5.35. The smallest absolute Gasteiger partial charge is 0.269 e. The van der Waals surface area contributed by atoms with Gasteiger partial charge in [0.2, 0.25) is 0 Å². The van der Waals surface area contributed by atoms with Gasteiger partial charge in [-0.3, -0.25) is 10.1 Å². The summed E-state index contributed by atoms with van der Waals surface area (Å²) >= 11 is 0. The Balaban J connectivity index is 2.17. The predicted octanol–water partition coefficient (Wildman–Crippen LogP) is 11.9. The number of nitro groups is 1. The van der Waals surface area contributed by atoms with Crippen molar-refractivity contribution in [3.8, 4) is 0 Å². The van der Waals surface area contributed by atoms with Gasteiger partial charge in [-0.25, -0.2) is 0 Å².